The third-order valence-electron chi connectivity index (χ3n) is 0.858. The fraction of sp³-hybridized carbons (Fsp3) is 0. The molecule has 1 aromatic rings. The lowest BCUT2D eigenvalue weighted by molar-refractivity contribution is 0.558. The zero-order valence-electron chi connectivity index (χ0n) is 4.95. The van der Waals surface area contributed by atoms with E-state index in [0.29, 0.717) is 5.88 Å². The van der Waals surface area contributed by atoms with Crippen LogP contribution in [0.3, 0.4) is 0 Å². The molecule has 0 aliphatic carbocycles. The van der Waals surface area contributed by atoms with Gasteiger partial charge in [-0.25, -0.2) is 4.98 Å². The third kappa shape index (κ3) is 2.04. The monoisotopic (exact) mass is 217 g/mol. The average molecular weight is 218 g/mol. The van der Waals surface area contributed by atoms with Crippen molar-refractivity contribution in [1.29, 1.82) is 0 Å². The van der Waals surface area contributed by atoms with Gasteiger partial charge in [0.1, 0.15) is 4.60 Å². The molecule has 0 unspecified atom stereocenters. The molecular formula is C6H4BrNOS. The van der Waals surface area contributed by atoms with Gasteiger partial charge < -0.3 is 4.74 Å². The highest BCUT2D eigenvalue weighted by Crippen LogP contribution is 2.10. The van der Waals surface area contributed by atoms with Crippen molar-refractivity contribution in [2.24, 2.45) is 0 Å². The number of rotatable bonds is 2. The van der Waals surface area contributed by atoms with Crippen molar-refractivity contribution in [3.8, 4) is 5.88 Å². The van der Waals surface area contributed by atoms with Gasteiger partial charge in [0.25, 0.3) is 0 Å². The fourth-order valence-electron chi connectivity index (χ4n) is 0.505. The van der Waals surface area contributed by atoms with E-state index in [-0.39, 0.29) is 0 Å². The van der Waals surface area contributed by atoms with E-state index < -0.39 is 0 Å². The number of pyridine rings is 1. The zero-order valence-corrected chi connectivity index (χ0v) is 7.35. The first-order chi connectivity index (χ1) is 4.83. The maximum absolute atomic E-state index is 4.84. The molecule has 0 aliphatic heterocycles. The smallest absolute Gasteiger partial charge is 0.220 e. The molecule has 0 N–H and O–H groups in total. The number of ether oxygens (including phenoxy) is 1. The first kappa shape index (κ1) is 7.63. The molecule has 2 nitrogen and oxygen atoms in total. The zero-order chi connectivity index (χ0) is 7.40. The minimum atomic E-state index is 0.504. The lowest BCUT2D eigenvalue weighted by Crippen LogP contribution is -1.89. The quantitative estimate of drug-likeness (QED) is 0.561. The normalized spacial score (nSPS) is 8.90. The van der Waals surface area contributed by atoms with E-state index in [9.17, 15) is 0 Å². The van der Waals surface area contributed by atoms with Crippen LogP contribution in [0, 0.1) is 0 Å². The van der Waals surface area contributed by atoms with Gasteiger partial charge in [-0.1, -0.05) is 6.07 Å². The highest BCUT2D eigenvalue weighted by atomic mass is 79.9. The maximum atomic E-state index is 4.84. The molecule has 0 aliphatic rings. The predicted octanol–water partition coefficient (Wildman–Crippen LogP) is 2.18. The Morgan fingerprint density at radius 1 is 1.60 bits per heavy atom. The number of halogens is 1. The lowest BCUT2D eigenvalue weighted by Gasteiger charge is -1.95. The van der Waals surface area contributed by atoms with Gasteiger partial charge in [0.15, 0.2) is 5.55 Å². The second-order valence-corrected chi connectivity index (χ2v) is 2.52. The molecule has 1 heterocycles. The van der Waals surface area contributed by atoms with Gasteiger partial charge >= 0.3 is 0 Å². The molecule has 52 valence electrons. The first-order valence-electron chi connectivity index (χ1n) is 2.56. The van der Waals surface area contributed by atoms with Crippen LogP contribution in [0.5, 0.6) is 5.88 Å². The van der Waals surface area contributed by atoms with Crippen LogP contribution in [0.25, 0.3) is 0 Å². The van der Waals surface area contributed by atoms with Gasteiger partial charge in [0.2, 0.25) is 5.88 Å². The summed E-state index contributed by atoms with van der Waals surface area (Å²) in [5.74, 6) is 0.504. The molecule has 1 aromatic heterocycles. The molecular weight excluding hydrogens is 214 g/mol. The Balaban J connectivity index is 2.84. The second-order valence-electron chi connectivity index (χ2n) is 1.51. The molecule has 0 spiro atoms. The van der Waals surface area contributed by atoms with Gasteiger partial charge in [0, 0.05) is 6.07 Å². The fourth-order valence-corrected chi connectivity index (χ4v) is 0.931. The van der Waals surface area contributed by atoms with E-state index in [1.807, 2.05) is 12.1 Å². The van der Waals surface area contributed by atoms with Crippen molar-refractivity contribution >= 4 is 33.7 Å². The molecule has 0 radical (unpaired) electrons. The number of hydrogen-bond acceptors (Lipinski definition) is 3. The molecule has 0 saturated heterocycles. The Morgan fingerprint density at radius 3 is 3.00 bits per heavy atom. The van der Waals surface area contributed by atoms with Crippen LogP contribution in [0.15, 0.2) is 22.8 Å². The summed E-state index contributed by atoms with van der Waals surface area (Å²) in [6.07, 6.45) is 0. The molecule has 0 bridgehead atoms. The summed E-state index contributed by atoms with van der Waals surface area (Å²) < 4.78 is 5.57. The van der Waals surface area contributed by atoms with Crippen molar-refractivity contribution < 1.29 is 4.74 Å². The van der Waals surface area contributed by atoms with E-state index in [0.717, 1.165) is 4.60 Å². The Labute approximate surface area is 72.4 Å². The first-order valence-corrected chi connectivity index (χ1v) is 3.82. The Bertz CT molecular complexity index is 241. The molecule has 4 heteroatoms. The number of hydrogen-bond donors (Lipinski definition) is 0. The highest BCUT2D eigenvalue weighted by molar-refractivity contribution is 9.10. The summed E-state index contributed by atoms with van der Waals surface area (Å²) in [5.41, 5.74) is 1.18. The topological polar surface area (TPSA) is 22.1 Å². The van der Waals surface area contributed by atoms with E-state index in [1.165, 1.54) is 5.55 Å². The van der Waals surface area contributed by atoms with Crippen LogP contribution in [0.4, 0.5) is 0 Å². The van der Waals surface area contributed by atoms with Crippen LogP contribution in [0.1, 0.15) is 0 Å². The Hall–Kier alpha value is -0.480. The number of aromatic nitrogens is 1. The highest BCUT2D eigenvalue weighted by Gasteiger charge is 1.91. The summed E-state index contributed by atoms with van der Waals surface area (Å²) in [5, 5.41) is 0. The van der Waals surface area contributed by atoms with Crippen LogP contribution in [0.2, 0.25) is 0 Å². The van der Waals surface area contributed by atoms with Crippen LogP contribution < -0.4 is 4.74 Å². The van der Waals surface area contributed by atoms with E-state index in [2.05, 4.69) is 33.1 Å². The summed E-state index contributed by atoms with van der Waals surface area (Å²) in [6, 6.07) is 5.37. The minimum absolute atomic E-state index is 0.504. The maximum Gasteiger partial charge on any atom is 0.220 e. The molecule has 0 atom stereocenters. The summed E-state index contributed by atoms with van der Waals surface area (Å²) in [4.78, 5) is 3.96. The summed E-state index contributed by atoms with van der Waals surface area (Å²) >= 11 is 7.67. The van der Waals surface area contributed by atoms with Crippen molar-refractivity contribution in [2.45, 2.75) is 0 Å². The van der Waals surface area contributed by atoms with Crippen LogP contribution in [-0.2, 0) is 0 Å². The third-order valence-corrected chi connectivity index (χ3v) is 1.40. The second kappa shape index (κ2) is 3.63. The molecule has 0 aromatic carbocycles. The standard InChI is InChI=1S/C6H4BrNOS/c7-5-2-1-3-6(8-5)9-4-10/h1-4H. The summed E-state index contributed by atoms with van der Waals surface area (Å²) in [6.45, 7) is 0. The van der Waals surface area contributed by atoms with Crippen molar-refractivity contribution in [3.05, 3.63) is 22.8 Å². The van der Waals surface area contributed by atoms with E-state index in [1.54, 1.807) is 6.07 Å². The average Bonchev–Trinajstić information content (AvgIpc) is 1.88. The van der Waals surface area contributed by atoms with Crippen molar-refractivity contribution in [3.63, 3.8) is 0 Å². The van der Waals surface area contributed by atoms with Gasteiger partial charge in [-0.3, -0.25) is 0 Å². The van der Waals surface area contributed by atoms with Crippen LogP contribution in [-0.4, -0.2) is 10.5 Å². The van der Waals surface area contributed by atoms with E-state index in [4.69, 9.17) is 4.74 Å². The largest absolute Gasteiger partial charge is 0.435 e. The lowest BCUT2D eigenvalue weighted by atomic mass is 10.5. The predicted molar refractivity (Wildman–Crippen MR) is 46.2 cm³/mol. The molecule has 0 fully saturated rings. The Morgan fingerprint density at radius 2 is 2.40 bits per heavy atom. The molecule has 1 rings (SSSR count). The van der Waals surface area contributed by atoms with Crippen molar-refractivity contribution in [1.82, 2.24) is 4.98 Å². The van der Waals surface area contributed by atoms with Crippen LogP contribution >= 0.6 is 28.1 Å². The van der Waals surface area contributed by atoms with Gasteiger partial charge in [0.05, 0.1) is 0 Å². The Kier molecular flexibility index (Phi) is 2.77. The molecule has 10 heavy (non-hydrogen) atoms. The minimum Gasteiger partial charge on any atom is -0.435 e. The number of thiocarbonyl (C=S) groups is 1. The SMILES string of the molecule is S=COc1cccc(Br)n1. The van der Waals surface area contributed by atoms with Gasteiger partial charge in [-0.15, -0.1) is 0 Å². The summed E-state index contributed by atoms with van der Waals surface area (Å²) in [7, 11) is 0. The van der Waals surface area contributed by atoms with Gasteiger partial charge in [-0.2, -0.15) is 0 Å². The van der Waals surface area contributed by atoms with Gasteiger partial charge in [-0.05, 0) is 34.2 Å². The van der Waals surface area contributed by atoms with Crippen molar-refractivity contribution in [2.75, 3.05) is 0 Å². The molecule has 0 saturated carbocycles. The number of nitrogens with zero attached hydrogens (tertiary/aromatic N) is 1. The van der Waals surface area contributed by atoms with E-state index >= 15 is 0 Å². The molecule has 0 amide bonds.